The molecule has 4 rings (SSSR count). The summed E-state index contributed by atoms with van der Waals surface area (Å²) in [4.78, 5) is 20.3. The van der Waals surface area contributed by atoms with Crippen LogP contribution >= 0.6 is 0 Å². The zero-order valence-electron chi connectivity index (χ0n) is 14.3. The van der Waals surface area contributed by atoms with E-state index < -0.39 is 0 Å². The zero-order chi connectivity index (χ0) is 15.4. The topological polar surface area (TPSA) is 36.0 Å². The van der Waals surface area contributed by atoms with Crippen LogP contribution in [0.1, 0.15) is 20.3 Å². The van der Waals surface area contributed by atoms with Gasteiger partial charge in [0.15, 0.2) is 12.2 Å². The highest BCUT2D eigenvalue weighted by Gasteiger charge is 2.68. The molecule has 1 unspecified atom stereocenters. The fourth-order valence-electron chi connectivity index (χ4n) is 5.60. The summed E-state index contributed by atoms with van der Waals surface area (Å²) in [5.74, 6) is -0.0213. The van der Waals surface area contributed by atoms with Gasteiger partial charge in [0.05, 0.1) is 26.2 Å². The molecule has 0 N–H and O–H groups in total. The lowest BCUT2D eigenvalue weighted by Gasteiger charge is -2.64. The van der Waals surface area contributed by atoms with Crippen LogP contribution in [0.25, 0.3) is 0 Å². The van der Waals surface area contributed by atoms with Gasteiger partial charge in [-0.25, -0.2) is 9.69 Å². The van der Waals surface area contributed by atoms with Gasteiger partial charge < -0.3 is 28.7 Å². The van der Waals surface area contributed by atoms with E-state index in [2.05, 4.69) is 21.6 Å². The third kappa shape index (κ3) is 2.46. The van der Waals surface area contributed by atoms with Crippen molar-refractivity contribution >= 4 is 5.97 Å². The molecule has 7 heteroatoms. The van der Waals surface area contributed by atoms with Crippen LogP contribution in [-0.4, -0.2) is 102 Å². The molecule has 4 saturated heterocycles. The Morgan fingerprint density at radius 2 is 1.83 bits per heavy atom. The molecule has 0 saturated carbocycles. The van der Waals surface area contributed by atoms with Gasteiger partial charge in [0, 0.05) is 39.6 Å². The van der Waals surface area contributed by atoms with E-state index in [-0.39, 0.29) is 35.6 Å². The minimum Gasteiger partial charge on any atom is -1.00 e. The maximum absolute atomic E-state index is 12.3. The number of carbonyl (C=O) groups excluding carboxylic acids is 1. The first kappa shape index (κ1) is 17.8. The van der Waals surface area contributed by atoms with Gasteiger partial charge in [-0.2, -0.15) is 0 Å². The SMILES string of the molecule is CCOC(=O)C[N+]12CCN3CCCN4CCN(CC1)[C@@]2(C)[C@@H]43.[I-]. The van der Waals surface area contributed by atoms with Crippen LogP contribution in [0.5, 0.6) is 0 Å². The smallest absolute Gasteiger partial charge is 0.361 e. The van der Waals surface area contributed by atoms with E-state index in [0.29, 0.717) is 19.3 Å². The Morgan fingerprint density at radius 1 is 1.13 bits per heavy atom. The number of halogens is 1. The number of piperazine rings is 2. The molecule has 4 fully saturated rings. The third-order valence-electron chi connectivity index (χ3n) is 6.68. The number of hydrogen-bond acceptors (Lipinski definition) is 5. The molecule has 0 aromatic carbocycles. The predicted molar refractivity (Wildman–Crippen MR) is 83.0 cm³/mol. The minimum atomic E-state index is -0.0213. The number of rotatable bonds is 3. The molecule has 0 bridgehead atoms. The zero-order valence-corrected chi connectivity index (χ0v) is 16.5. The minimum absolute atomic E-state index is 0. The normalized spacial score (nSPS) is 40.3. The first-order chi connectivity index (χ1) is 10.6. The van der Waals surface area contributed by atoms with E-state index in [9.17, 15) is 4.79 Å². The molecule has 3 atom stereocenters. The summed E-state index contributed by atoms with van der Waals surface area (Å²) in [7, 11) is 0. The van der Waals surface area contributed by atoms with Crippen molar-refractivity contribution in [1.82, 2.24) is 14.7 Å². The summed E-state index contributed by atoms with van der Waals surface area (Å²) >= 11 is 0. The van der Waals surface area contributed by atoms with Crippen LogP contribution in [0.4, 0.5) is 0 Å². The summed E-state index contributed by atoms with van der Waals surface area (Å²) in [6, 6.07) is 0. The standard InChI is InChI=1S/C16H29N4O2.HI/c1-3-22-14(21)13-20-11-9-18-6-4-5-17-7-8-19(10-12-20)16(20,2)15(17)18;/h15H,3-13H2,1-2H3;1H/q+1;/p-1/t15-,16+,20?;/m0./s1. The molecule has 0 radical (unpaired) electrons. The van der Waals surface area contributed by atoms with Crippen molar-refractivity contribution in [1.29, 1.82) is 0 Å². The van der Waals surface area contributed by atoms with Crippen molar-refractivity contribution in [2.24, 2.45) is 0 Å². The molecular formula is C16H29IN4O2. The van der Waals surface area contributed by atoms with E-state index in [4.69, 9.17) is 4.74 Å². The lowest BCUT2D eigenvalue weighted by atomic mass is 9.92. The van der Waals surface area contributed by atoms with Gasteiger partial charge in [-0.3, -0.25) is 14.3 Å². The molecule has 0 spiro atoms. The summed E-state index contributed by atoms with van der Waals surface area (Å²) in [6.45, 7) is 14.5. The molecule has 132 valence electrons. The number of hydrogen-bond donors (Lipinski definition) is 0. The van der Waals surface area contributed by atoms with Crippen molar-refractivity contribution in [3.63, 3.8) is 0 Å². The molecule has 4 aliphatic rings. The van der Waals surface area contributed by atoms with Crippen LogP contribution in [0.2, 0.25) is 0 Å². The van der Waals surface area contributed by atoms with Gasteiger partial charge in [-0.1, -0.05) is 0 Å². The quantitative estimate of drug-likeness (QED) is 0.264. The van der Waals surface area contributed by atoms with Crippen molar-refractivity contribution in [3.05, 3.63) is 0 Å². The number of esters is 1. The molecule has 0 aliphatic carbocycles. The maximum atomic E-state index is 12.3. The van der Waals surface area contributed by atoms with E-state index in [1.54, 1.807) is 0 Å². The largest absolute Gasteiger partial charge is 1.00 e. The molecule has 4 heterocycles. The molecule has 0 aromatic heterocycles. The fourth-order valence-corrected chi connectivity index (χ4v) is 5.60. The molecular weight excluding hydrogens is 407 g/mol. The monoisotopic (exact) mass is 436 g/mol. The Bertz CT molecular complexity index is 473. The highest BCUT2D eigenvalue weighted by Crippen LogP contribution is 2.46. The van der Waals surface area contributed by atoms with E-state index in [1.165, 1.54) is 26.1 Å². The highest BCUT2D eigenvalue weighted by molar-refractivity contribution is 5.70. The van der Waals surface area contributed by atoms with Crippen molar-refractivity contribution in [3.8, 4) is 0 Å². The van der Waals surface area contributed by atoms with Gasteiger partial charge in [0.25, 0.3) is 0 Å². The van der Waals surface area contributed by atoms with E-state index in [1.807, 2.05) is 6.92 Å². The predicted octanol–water partition coefficient (Wildman–Crippen LogP) is -3.24. The third-order valence-corrected chi connectivity index (χ3v) is 6.68. The number of carbonyl (C=O) groups is 1. The Hall–Kier alpha value is 0.0400. The fraction of sp³-hybridized carbons (Fsp3) is 0.938. The lowest BCUT2D eigenvalue weighted by molar-refractivity contribution is -0.974. The Morgan fingerprint density at radius 3 is 2.57 bits per heavy atom. The second-order valence-corrected chi connectivity index (χ2v) is 7.44. The molecule has 4 aliphatic heterocycles. The summed E-state index contributed by atoms with van der Waals surface area (Å²) in [6.07, 6.45) is 1.76. The highest BCUT2D eigenvalue weighted by atomic mass is 127. The molecule has 0 aromatic rings. The Balaban J connectivity index is 0.00000156. The first-order valence-corrected chi connectivity index (χ1v) is 8.86. The van der Waals surface area contributed by atoms with E-state index in [0.717, 1.165) is 37.2 Å². The Kier molecular flexibility index (Phi) is 4.97. The summed E-state index contributed by atoms with van der Waals surface area (Å²) < 4.78 is 6.21. The van der Waals surface area contributed by atoms with Crippen molar-refractivity contribution in [2.45, 2.75) is 32.1 Å². The van der Waals surface area contributed by atoms with Crippen LogP contribution in [-0.2, 0) is 9.53 Å². The molecule has 6 nitrogen and oxygen atoms in total. The average molecular weight is 436 g/mol. The maximum Gasteiger partial charge on any atom is 0.361 e. The van der Waals surface area contributed by atoms with E-state index >= 15 is 0 Å². The van der Waals surface area contributed by atoms with Crippen molar-refractivity contribution in [2.75, 3.05) is 65.5 Å². The number of quaternary nitrogens is 1. The van der Waals surface area contributed by atoms with Crippen LogP contribution in [0.3, 0.4) is 0 Å². The van der Waals surface area contributed by atoms with Crippen molar-refractivity contribution < 1.29 is 38.0 Å². The van der Waals surface area contributed by atoms with Crippen LogP contribution < -0.4 is 24.0 Å². The first-order valence-electron chi connectivity index (χ1n) is 8.86. The summed E-state index contributed by atoms with van der Waals surface area (Å²) in [5, 5.41) is 0. The average Bonchev–Trinajstić information content (AvgIpc) is 2.79. The lowest BCUT2D eigenvalue weighted by Crippen LogP contribution is -3.00. The number of nitrogens with zero attached hydrogens (tertiary/aromatic N) is 4. The summed E-state index contributed by atoms with van der Waals surface area (Å²) in [5.41, 5.74) is 0.0453. The molecule has 23 heavy (non-hydrogen) atoms. The van der Waals surface area contributed by atoms with Gasteiger partial charge in [0.2, 0.25) is 0 Å². The van der Waals surface area contributed by atoms with Gasteiger partial charge in [0.1, 0.15) is 6.17 Å². The molecule has 0 amide bonds. The van der Waals surface area contributed by atoms with Gasteiger partial charge in [-0.15, -0.1) is 0 Å². The van der Waals surface area contributed by atoms with Gasteiger partial charge >= 0.3 is 5.97 Å². The van der Waals surface area contributed by atoms with Gasteiger partial charge in [-0.05, 0) is 13.3 Å². The second-order valence-electron chi connectivity index (χ2n) is 7.44. The number of ether oxygens (including phenoxy) is 1. The van der Waals surface area contributed by atoms with Crippen LogP contribution in [0.15, 0.2) is 0 Å². The Labute approximate surface area is 156 Å². The second kappa shape index (κ2) is 6.40. The van der Waals surface area contributed by atoms with Crippen LogP contribution in [0, 0.1) is 0 Å².